The fourth-order valence-electron chi connectivity index (χ4n) is 2.80. The summed E-state index contributed by atoms with van der Waals surface area (Å²) < 4.78 is 12.8. The third-order valence-electron chi connectivity index (χ3n) is 3.90. The zero-order valence-electron chi connectivity index (χ0n) is 12.4. The van der Waals surface area contributed by atoms with Gasteiger partial charge >= 0.3 is 0 Å². The van der Waals surface area contributed by atoms with E-state index >= 15 is 0 Å². The van der Waals surface area contributed by atoms with Gasteiger partial charge in [-0.3, -0.25) is 9.69 Å². The number of nitrogens with zero attached hydrogens (tertiary/aromatic N) is 1. The highest BCUT2D eigenvalue weighted by Gasteiger charge is 2.29. The van der Waals surface area contributed by atoms with Crippen molar-refractivity contribution in [2.24, 2.45) is 0 Å². The smallest absolute Gasteiger partial charge is 0.237 e. The second kappa shape index (κ2) is 7.52. The molecule has 5 heteroatoms. The molecular weight excluding hydrogens is 271 g/mol. The van der Waals surface area contributed by atoms with E-state index in [1.54, 1.807) is 0 Å². The van der Waals surface area contributed by atoms with E-state index in [4.69, 9.17) is 0 Å². The predicted molar refractivity (Wildman–Crippen MR) is 79.3 cm³/mol. The van der Waals surface area contributed by atoms with Crippen LogP contribution in [-0.4, -0.2) is 41.6 Å². The third-order valence-corrected chi connectivity index (χ3v) is 3.90. The number of carbonyl (C=O) groups excluding carboxylic acids is 1. The molecule has 1 aromatic carbocycles. The van der Waals surface area contributed by atoms with Crippen LogP contribution in [0.3, 0.4) is 0 Å². The number of hydrogen-bond donors (Lipinski definition) is 2. The average Bonchev–Trinajstić information content (AvgIpc) is 2.94. The summed E-state index contributed by atoms with van der Waals surface area (Å²) in [5.41, 5.74) is 0.605. The topological polar surface area (TPSA) is 52.6 Å². The van der Waals surface area contributed by atoms with E-state index in [-0.39, 0.29) is 24.3 Å². The van der Waals surface area contributed by atoms with Crippen molar-refractivity contribution >= 4 is 5.91 Å². The Balaban J connectivity index is 1.84. The average molecular weight is 294 g/mol. The van der Waals surface area contributed by atoms with Gasteiger partial charge in [-0.15, -0.1) is 0 Å². The van der Waals surface area contributed by atoms with Crippen molar-refractivity contribution in [1.29, 1.82) is 0 Å². The molecule has 1 aliphatic heterocycles. The molecule has 4 nitrogen and oxygen atoms in total. The first kappa shape index (κ1) is 15.9. The van der Waals surface area contributed by atoms with E-state index < -0.39 is 6.10 Å². The van der Waals surface area contributed by atoms with Crippen LogP contribution in [0.2, 0.25) is 0 Å². The van der Waals surface area contributed by atoms with Crippen LogP contribution in [0.1, 0.15) is 37.9 Å². The summed E-state index contributed by atoms with van der Waals surface area (Å²) in [5.74, 6) is -0.363. The molecule has 2 atom stereocenters. The standard InChI is InChI=1S/C16H23FN2O2/c1-2-9-19-10-3-4-14(19)16(21)18-11-15(20)12-5-7-13(17)8-6-12/h5-8,14-15,20H,2-4,9-11H2,1H3,(H,18,21). The highest BCUT2D eigenvalue weighted by atomic mass is 19.1. The highest BCUT2D eigenvalue weighted by molar-refractivity contribution is 5.82. The fourth-order valence-corrected chi connectivity index (χ4v) is 2.80. The number of carbonyl (C=O) groups is 1. The molecule has 0 aromatic heterocycles. The van der Waals surface area contributed by atoms with Gasteiger partial charge in [-0.1, -0.05) is 19.1 Å². The minimum absolute atomic E-state index is 0.0258. The first-order chi connectivity index (χ1) is 10.1. The van der Waals surface area contributed by atoms with Crippen LogP contribution in [0.5, 0.6) is 0 Å². The molecule has 2 N–H and O–H groups in total. The minimum Gasteiger partial charge on any atom is -0.387 e. The number of aliphatic hydroxyl groups is 1. The lowest BCUT2D eigenvalue weighted by Crippen LogP contribution is -2.44. The van der Waals surface area contributed by atoms with Crippen molar-refractivity contribution in [1.82, 2.24) is 10.2 Å². The number of amides is 1. The zero-order valence-corrected chi connectivity index (χ0v) is 12.4. The van der Waals surface area contributed by atoms with E-state index in [1.807, 2.05) is 0 Å². The Morgan fingerprint density at radius 1 is 1.48 bits per heavy atom. The quantitative estimate of drug-likeness (QED) is 0.842. The molecule has 2 rings (SSSR count). The summed E-state index contributed by atoms with van der Waals surface area (Å²) in [6.45, 7) is 4.15. The molecule has 1 saturated heterocycles. The number of likely N-dealkylation sites (tertiary alicyclic amines) is 1. The van der Waals surface area contributed by atoms with Crippen LogP contribution in [0.15, 0.2) is 24.3 Å². The van der Waals surface area contributed by atoms with Gasteiger partial charge in [0.25, 0.3) is 0 Å². The Hall–Kier alpha value is -1.46. The van der Waals surface area contributed by atoms with E-state index in [9.17, 15) is 14.3 Å². The molecule has 0 saturated carbocycles. The summed E-state index contributed by atoms with van der Waals surface area (Å²) >= 11 is 0. The van der Waals surface area contributed by atoms with Crippen molar-refractivity contribution in [3.8, 4) is 0 Å². The lowest BCUT2D eigenvalue weighted by Gasteiger charge is -2.23. The van der Waals surface area contributed by atoms with E-state index in [0.29, 0.717) is 5.56 Å². The maximum absolute atomic E-state index is 12.8. The number of benzene rings is 1. The summed E-state index contributed by atoms with van der Waals surface area (Å²) in [6.07, 6.45) is 2.13. The molecule has 0 spiro atoms. The third kappa shape index (κ3) is 4.25. The molecular formula is C16H23FN2O2. The Morgan fingerprint density at radius 3 is 2.86 bits per heavy atom. The lowest BCUT2D eigenvalue weighted by atomic mass is 10.1. The van der Waals surface area contributed by atoms with Crippen LogP contribution in [0.4, 0.5) is 4.39 Å². The molecule has 1 aliphatic rings. The SMILES string of the molecule is CCCN1CCCC1C(=O)NCC(O)c1ccc(F)cc1. The second-order valence-corrected chi connectivity index (χ2v) is 5.51. The molecule has 1 aromatic rings. The predicted octanol–water partition coefficient (Wildman–Crippen LogP) is 1.85. The van der Waals surface area contributed by atoms with Crippen LogP contribution >= 0.6 is 0 Å². The van der Waals surface area contributed by atoms with Crippen molar-refractivity contribution in [2.45, 2.75) is 38.3 Å². The molecule has 1 heterocycles. The summed E-state index contributed by atoms with van der Waals surface area (Å²) in [4.78, 5) is 14.4. The Morgan fingerprint density at radius 2 is 2.19 bits per heavy atom. The summed E-state index contributed by atoms with van der Waals surface area (Å²) in [5, 5.41) is 12.8. The number of halogens is 1. The van der Waals surface area contributed by atoms with E-state index in [1.165, 1.54) is 24.3 Å². The van der Waals surface area contributed by atoms with Gasteiger partial charge in [-0.25, -0.2) is 4.39 Å². The van der Waals surface area contributed by atoms with Crippen LogP contribution in [0, 0.1) is 5.82 Å². The van der Waals surface area contributed by atoms with Crippen molar-refractivity contribution in [2.75, 3.05) is 19.6 Å². The number of rotatable bonds is 6. The number of aliphatic hydroxyl groups excluding tert-OH is 1. The van der Waals surface area contributed by atoms with Gasteiger partial charge < -0.3 is 10.4 Å². The Labute approximate surface area is 125 Å². The largest absolute Gasteiger partial charge is 0.387 e. The summed E-state index contributed by atoms with van der Waals surface area (Å²) in [6, 6.07) is 5.60. The van der Waals surface area contributed by atoms with Gasteiger partial charge in [-0.2, -0.15) is 0 Å². The lowest BCUT2D eigenvalue weighted by molar-refractivity contribution is -0.125. The zero-order chi connectivity index (χ0) is 15.2. The maximum atomic E-state index is 12.8. The first-order valence-corrected chi connectivity index (χ1v) is 7.57. The molecule has 0 radical (unpaired) electrons. The van der Waals surface area contributed by atoms with Gasteiger partial charge in [0.2, 0.25) is 5.91 Å². The van der Waals surface area contributed by atoms with Crippen molar-refractivity contribution in [3.05, 3.63) is 35.6 Å². The molecule has 1 amide bonds. The Bertz CT molecular complexity index is 464. The number of hydrogen-bond acceptors (Lipinski definition) is 3. The Kier molecular flexibility index (Phi) is 5.70. The van der Waals surface area contributed by atoms with E-state index in [0.717, 1.165) is 32.4 Å². The molecule has 1 fully saturated rings. The molecule has 21 heavy (non-hydrogen) atoms. The van der Waals surface area contributed by atoms with Gasteiger partial charge in [0.05, 0.1) is 12.1 Å². The molecule has 0 aliphatic carbocycles. The normalized spacial score (nSPS) is 20.4. The van der Waals surface area contributed by atoms with Crippen LogP contribution in [0.25, 0.3) is 0 Å². The second-order valence-electron chi connectivity index (χ2n) is 5.51. The summed E-state index contributed by atoms with van der Waals surface area (Å²) in [7, 11) is 0. The molecule has 116 valence electrons. The van der Waals surface area contributed by atoms with Gasteiger partial charge in [-0.05, 0) is 50.0 Å². The number of nitrogens with one attached hydrogen (secondary N) is 1. The molecule has 0 bridgehead atoms. The van der Waals surface area contributed by atoms with Crippen molar-refractivity contribution < 1.29 is 14.3 Å². The first-order valence-electron chi connectivity index (χ1n) is 7.57. The minimum atomic E-state index is -0.810. The van der Waals surface area contributed by atoms with E-state index in [2.05, 4.69) is 17.1 Å². The fraction of sp³-hybridized carbons (Fsp3) is 0.562. The van der Waals surface area contributed by atoms with Crippen molar-refractivity contribution in [3.63, 3.8) is 0 Å². The van der Waals surface area contributed by atoms with Crippen LogP contribution in [-0.2, 0) is 4.79 Å². The van der Waals surface area contributed by atoms with Gasteiger partial charge in [0.1, 0.15) is 5.82 Å². The molecule has 2 unspecified atom stereocenters. The highest BCUT2D eigenvalue weighted by Crippen LogP contribution is 2.18. The van der Waals surface area contributed by atoms with Gasteiger partial charge in [0, 0.05) is 6.54 Å². The maximum Gasteiger partial charge on any atom is 0.237 e. The monoisotopic (exact) mass is 294 g/mol. The van der Waals surface area contributed by atoms with Crippen LogP contribution < -0.4 is 5.32 Å². The van der Waals surface area contributed by atoms with Gasteiger partial charge in [0.15, 0.2) is 0 Å².